The van der Waals surface area contributed by atoms with Crippen molar-refractivity contribution in [2.45, 2.75) is 11.8 Å². The summed E-state index contributed by atoms with van der Waals surface area (Å²) < 4.78 is 34.5. The Kier molecular flexibility index (Phi) is 5.78. The number of hydrogen-bond donors (Lipinski definition) is 2. The van der Waals surface area contributed by atoms with E-state index in [1.807, 2.05) is 11.8 Å². The number of nitrogens with one attached hydrogen (secondary N) is 2. The maximum absolute atomic E-state index is 12.0. The standard InChI is InChI=1S/C16H18N2O5S/c1-12-7-9-13(10-8-12)24(20,21)18-17-16(19)11-23-15-6-4-3-5-14(15)22-2/h3-10,18H,11H2,1-2H3,(H,17,19). The molecule has 2 rings (SSSR count). The maximum atomic E-state index is 12.0. The van der Waals surface area contributed by atoms with Crippen LogP contribution in [0.25, 0.3) is 0 Å². The van der Waals surface area contributed by atoms with E-state index in [1.54, 1.807) is 36.4 Å². The van der Waals surface area contributed by atoms with Gasteiger partial charge < -0.3 is 9.47 Å². The third-order valence-electron chi connectivity index (χ3n) is 3.08. The summed E-state index contributed by atoms with van der Waals surface area (Å²) in [5.41, 5.74) is 3.03. The van der Waals surface area contributed by atoms with E-state index < -0.39 is 15.9 Å². The molecule has 24 heavy (non-hydrogen) atoms. The Bertz CT molecular complexity index is 803. The van der Waals surface area contributed by atoms with Gasteiger partial charge >= 0.3 is 0 Å². The third-order valence-corrected chi connectivity index (χ3v) is 4.35. The molecule has 0 spiro atoms. The highest BCUT2D eigenvalue weighted by Gasteiger charge is 2.15. The summed E-state index contributed by atoms with van der Waals surface area (Å²) in [7, 11) is -2.35. The molecule has 0 fully saturated rings. The number of hydrazine groups is 1. The van der Waals surface area contributed by atoms with Crippen molar-refractivity contribution in [1.82, 2.24) is 10.3 Å². The van der Waals surface area contributed by atoms with Crippen molar-refractivity contribution >= 4 is 15.9 Å². The molecule has 128 valence electrons. The van der Waals surface area contributed by atoms with E-state index in [-0.39, 0.29) is 11.5 Å². The quantitative estimate of drug-likeness (QED) is 0.736. The van der Waals surface area contributed by atoms with E-state index in [4.69, 9.17) is 9.47 Å². The zero-order chi connectivity index (χ0) is 17.6. The van der Waals surface area contributed by atoms with Crippen LogP contribution in [0.4, 0.5) is 0 Å². The van der Waals surface area contributed by atoms with Gasteiger partial charge in [0.25, 0.3) is 15.9 Å². The molecule has 8 heteroatoms. The number of amides is 1. The highest BCUT2D eigenvalue weighted by atomic mass is 32.2. The Labute approximate surface area is 140 Å². The van der Waals surface area contributed by atoms with Gasteiger partial charge in [-0.25, -0.2) is 8.42 Å². The van der Waals surface area contributed by atoms with Crippen LogP contribution in [0.3, 0.4) is 0 Å². The zero-order valence-corrected chi connectivity index (χ0v) is 14.1. The second kappa shape index (κ2) is 7.80. The summed E-state index contributed by atoms with van der Waals surface area (Å²) in [4.78, 5) is 13.8. The van der Waals surface area contributed by atoms with Crippen molar-refractivity contribution < 1.29 is 22.7 Å². The molecule has 0 saturated heterocycles. The third kappa shape index (κ3) is 4.71. The number of ether oxygens (including phenoxy) is 2. The van der Waals surface area contributed by atoms with Crippen LogP contribution >= 0.6 is 0 Å². The lowest BCUT2D eigenvalue weighted by Crippen LogP contribution is -2.43. The lowest BCUT2D eigenvalue weighted by Gasteiger charge is -2.11. The van der Waals surface area contributed by atoms with E-state index in [9.17, 15) is 13.2 Å². The van der Waals surface area contributed by atoms with Gasteiger partial charge in [-0.05, 0) is 31.2 Å². The maximum Gasteiger partial charge on any atom is 0.272 e. The number of aryl methyl sites for hydroxylation is 1. The Hall–Kier alpha value is -2.58. The van der Waals surface area contributed by atoms with E-state index >= 15 is 0 Å². The average Bonchev–Trinajstić information content (AvgIpc) is 2.59. The second-order valence-corrected chi connectivity index (χ2v) is 6.59. The first-order valence-corrected chi connectivity index (χ1v) is 8.54. The zero-order valence-electron chi connectivity index (χ0n) is 13.3. The second-order valence-electron chi connectivity index (χ2n) is 4.91. The number of methoxy groups -OCH3 is 1. The van der Waals surface area contributed by atoms with Gasteiger partial charge in [0.1, 0.15) is 0 Å². The van der Waals surface area contributed by atoms with Crippen molar-refractivity contribution in [3.8, 4) is 11.5 Å². The minimum atomic E-state index is -3.83. The molecule has 0 aliphatic rings. The predicted octanol–water partition coefficient (Wildman–Crippen LogP) is 1.39. The van der Waals surface area contributed by atoms with Crippen molar-refractivity contribution in [3.63, 3.8) is 0 Å². The van der Waals surface area contributed by atoms with E-state index in [2.05, 4.69) is 5.43 Å². The fourth-order valence-corrected chi connectivity index (χ4v) is 2.68. The summed E-state index contributed by atoms with van der Waals surface area (Å²) >= 11 is 0. The Morgan fingerprint density at radius 2 is 1.67 bits per heavy atom. The molecule has 2 N–H and O–H groups in total. The lowest BCUT2D eigenvalue weighted by atomic mass is 10.2. The molecule has 0 saturated carbocycles. The largest absolute Gasteiger partial charge is 0.493 e. The van der Waals surface area contributed by atoms with Gasteiger partial charge in [-0.15, -0.1) is 4.83 Å². The van der Waals surface area contributed by atoms with Crippen LogP contribution in [0.2, 0.25) is 0 Å². The van der Waals surface area contributed by atoms with Gasteiger partial charge in [0.05, 0.1) is 12.0 Å². The molecule has 0 atom stereocenters. The van der Waals surface area contributed by atoms with Crippen molar-refractivity contribution in [2.75, 3.05) is 13.7 Å². The van der Waals surface area contributed by atoms with Crippen LogP contribution in [0.5, 0.6) is 11.5 Å². The normalized spacial score (nSPS) is 10.9. The molecule has 0 heterocycles. The first-order chi connectivity index (χ1) is 11.4. The number of rotatable bonds is 7. The van der Waals surface area contributed by atoms with Crippen LogP contribution in [0, 0.1) is 6.92 Å². The first-order valence-electron chi connectivity index (χ1n) is 7.05. The van der Waals surface area contributed by atoms with Gasteiger partial charge in [-0.2, -0.15) is 0 Å². The molecule has 1 amide bonds. The van der Waals surface area contributed by atoms with Crippen LogP contribution in [-0.2, 0) is 14.8 Å². The van der Waals surface area contributed by atoms with E-state index in [0.29, 0.717) is 11.5 Å². The van der Waals surface area contributed by atoms with Crippen molar-refractivity contribution in [1.29, 1.82) is 0 Å². The predicted molar refractivity (Wildman–Crippen MR) is 88.1 cm³/mol. The van der Waals surface area contributed by atoms with Crippen LogP contribution in [-0.4, -0.2) is 28.0 Å². The van der Waals surface area contributed by atoms with Crippen molar-refractivity contribution in [2.24, 2.45) is 0 Å². The SMILES string of the molecule is COc1ccccc1OCC(=O)NNS(=O)(=O)c1ccc(C)cc1. The molecule has 2 aromatic carbocycles. The molecule has 0 aliphatic carbocycles. The highest BCUT2D eigenvalue weighted by Crippen LogP contribution is 2.25. The van der Waals surface area contributed by atoms with Gasteiger partial charge in [0.2, 0.25) is 0 Å². The van der Waals surface area contributed by atoms with Gasteiger partial charge in [-0.3, -0.25) is 10.2 Å². The summed E-state index contributed by atoms with van der Waals surface area (Å²) in [6, 6.07) is 13.1. The smallest absolute Gasteiger partial charge is 0.272 e. The Balaban J connectivity index is 1.90. The minimum absolute atomic E-state index is 0.0547. The Morgan fingerprint density at radius 3 is 2.29 bits per heavy atom. The van der Waals surface area contributed by atoms with E-state index in [0.717, 1.165) is 5.56 Å². The molecule has 0 aromatic heterocycles. The molecule has 0 bridgehead atoms. The Morgan fingerprint density at radius 1 is 1.04 bits per heavy atom. The number of hydrogen-bond acceptors (Lipinski definition) is 5. The summed E-state index contributed by atoms with van der Waals surface area (Å²) in [5.74, 6) is 0.221. The van der Waals surface area contributed by atoms with E-state index in [1.165, 1.54) is 19.2 Å². The summed E-state index contributed by atoms with van der Waals surface area (Å²) in [5, 5.41) is 0. The lowest BCUT2D eigenvalue weighted by molar-refractivity contribution is -0.123. The summed E-state index contributed by atoms with van der Waals surface area (Å²) in [6.07, 6.45) is 0. The first kappa shape index (κ1) is 17.8. The molecule has 0 aliphatic heterocycles. The topological polar surface area (TPSA) is 93.7 Å². The van der Waals surface area contributed by atoms with Gasteiger partial charge in [-0.1, -0.05) is 29.8 Å². The molecule has 7 nitrogen and oxygen atoms in total. The summed E-state index contributed by atoms with van der Waals surface area (Å²) in [6.45, 7) is 1.48. The fourth-order valence-electron chi connectivity index (χ4n) is 1.82. The number of carbonyl (C=O) groups excluding carboxylic acids is 1. The van der Waals surface area contributed by atoms with Crippen LogP contribution in [0.1, 0.15) is 5.56 Å². The molecule has 0 unspecified atom stereocenters. The molecular formula is C16H18N2O5S. The molecular weight excluding hydrogens is 332 g/mol. The number of benzene rings is 2. The monoisotopic (exact) mass is 350 g/mol. The fraction of sp³-hybridized carbons (Fsp3) is 0.188. The van der Waals surface area contributed by atoms with Gasteiger partial charge in [0.15, 0.2) is 18.1 Å². The number of sulfonamides is 1. The number of carbonyl (C=O) groups is 1. The molecule has 0 radical (unpaired) electrons. The van der Waals surface area contributed by atoms with Gasteiger partial charge in [0, 0.05) is 0 Å². The molecule has 2 aromatic rings. The van der Waals surface area contributed by atoms with Crippen LogP contribution in [0.15, 0.2) is 53.4 Å². The highest BCUT2D eigenvalue weighted by molar-refractivity contribution is 7.89. The van der Waals surface area contributed by atoms with Crippen molar-refractivity contribution in [3.05, 3.63) is 54.1 Å². The minimum Gasteiger partial charge on any atom is -0.493 e. The average molecular weight is 350 g/mol. The number of para-hydroxylation sites is 2. The van der Waals surface area contributed by atoms with Crippen LogP contribution < -0.4 is 19.7 Å².